The van der Waals surface area contributed by atoms with Crippen LogP contribution in [0.4, 0.5) is 16.4 Å². The van der Waals surface area contributed by atoms with E-state index in [0.717, 1.165) is 0 Å². The molecule has 8 rings (SSSR count). The van der Waals surface area contributed by atoms with Gasteiger partial charge in [-0.15, -0.1) is 22.7 Å². The second kappa shape index (κ2) is 7.53. The van der Waals surface area contributed by atoms with Crippen molar-refractivity contribution in [3.63, 3.8) is 0 Å². The average Bonchev–Trinajstić information content (AvgIpc) is 3.42. The molecular weight excluding hydrogens is 469 g/mol. The first-order chi connectivity index (χ1) is 16.8. The van der Waals surface area contributed by atoms with E-state index >= 15 is 0 Å². The summed E-state index contributed by atoms with van der Waals surface area (Å²) in [6.45, 7) is 2.70. The summed E-state index contributed by atoms with van der Waals surface area (Å²) < 4.78 is 1.59. The van der Waals surface area contributed by atoms with Crippen molar-refractivity contribution in [2.75, 3.05) is 4.90 Å². The molecule has 34 heavy (non-hydrogen) atoms. The van der Waals surface area contributed by atoms with Gasteiger partial charge in [-0.25, -0.2) is 0 Å². The first kappa shape index (κ1) is 20.3. The topological polar surface area (TPSA) is 3.24 Å². The van der Waals surface area contributed by atoms with Gasteiger partial charge in [-0.3, -0.25) is 0 Å². The standard InChI is InChI=1S/C29H26BNS3/c1-17-15-21-27-24(16-17)34-29-26(20-12-6-8-14-23(20)33-29)30(27)25-19-11-5-7-13-22(19)32-28(25)31(21)18-9-3-2-4-10-18/h2-4,9-10,15-16H,5-8,11-14H2,1H3. The second-order valence-corrected chi connectivity index (χ2v) is 13.7. The summed E-state index contributed by atoms with van der Waals surface area (Å²) in [7, 11) is 0. The molecule has 0 saturated heterocycles. The molecule has 4 heterocycles. The molecule has 5 heteroatoms. The molecular formula is C29H26BNS3. The Morgan fingerprint density at radius 3 is 2.26 bits per heavy atom. The minimum atomic E-state index is 0.424. The molecule has 2 aliphatic carbocycles. The van der Waals surface area contributed by atoms with Crippen LogP contribution in [-0.2, 0) is 25.7 Å². The van der Waals surface area contributed by atoms with E-state index in [9.17, 15) is 0 Å². The van der Waals surface area contributed by atoms with Gasteiger partial charge in [-0.1, -0.05) is 30.0 Å². The Balaban J connectivity index is 1.48. The summed E-state index contributed by atoms with van der Waals surface area (Å²) in [6, 6.07) is 16.0. The van der Waals surface area contributed by atoms with Crippen LogP contribution in [0.1, 0.15) is 52.1 Å². The van der Waals surface area contributed by atoms with Crippen LogP contribution in [0.15, 0.2) is 51.6 Å². The maximum absolute atomic E-state index is 2.62. The van der Waals surface area contributed by atoms with E-state index in [4.69, 9.17) is 0 Å². The highest BCUT2D eigenvalue weighted by atomic mass is 32.2. The minimum Gasteiger partial charge on any atom is -0.303 e. The Morgan fingerprint density at radius 2 is 1.47 bits per heavy atom. The third-order valence-corrected chi connectivity index (χ3v) is 12.0. The van der Waals surface area contributed by atoms with Crippen LogP contribution in [0.25, 0.3) is 0 Å². The molecule has 0 radical (unpaired) electrons. The average molecular weight is 496 g/mol. The van der Waals surface area contributed by atoms with E-state index in [2.05, 4.69) is 88.7 Å². The number of para-hydroxylation sites is 1. The predicted octanol–water partition coefficient (Wildman–Crippen LogP) is 6.64. The number of hydrogen-bond donors (Lipinski definition) is 0. The molecule has 0 amide bonds. The quantitative estimate of drug-likeness (QED) is 0.235. The van der Waals surface area contributed by atoms with E-state index < -0.39 is 0 Å². The van der Waals surface area contributed by atoms with Crippen molar-refractivity contribution in [2.45, 2.75) is 67.4 Å². The van der Waals surface area contributed by atoms with Crippen molar-refractivity contribution in [3.05, 3.63) is 68.9 Å². The van der Waals surface area contributed by atoms with Gasteiger partial charge >= 0.3 is 0 Å². The van der Waals surface area contributed by atoms with Gasteiger partial charge in [0.25, 0.3) is 6.71 Å². The SMILES string of the molecule is Cc1cc2c3c(c1)N(c1ccccc1)c1sc4c(c1B3c1c(sc3c1CCCC3)S2)CCCC4. The van der Waals surface area contributed by atoms with Gasteiger partial charge in [-0.2, -0.15) is 0 Å². The molecule has 0 unspecified atom stereocenters. The van der Waals surface area contributed by atoms with E-state index in [1.807, 2.05) is 0 Å². The van der Waals surface area contributed by atoms with Crippen LogP contribution in [-0.4, -0.2) is 6.71 Å². The van der Waals surface area contributed by atoms with Crippen molar-refractivity contribution in [1.82, 2.24) is 0 Å². The number of fused-ring (bicyclic) bond motifs is 8. The van der Waals surface area contributed by atoms with Gasteiger partial charge in [0.05, 0.1) is 9.21 Å². The zero-order valence-corrected chi connectivity index (χ0v) is 21.9. The summed E-state index contributed by atoms with van der Waals surface area (Å²) in [5, 5.41) is 1.50. The maximum atomic E-state index is 2.62. The van der Waals surface area contributed by atoms with Gasteiger partial charge in [0, 0.05) is 26.0 Å². The van der Waals surface area contributed by atoms with Crippen molar-refractivity contribution in [2.24, 2.45) is 0 Å². The number of rotatable bonds is 1. The molecule has 0 fully saturated rings. The van der Waals surface area contributed by atoms with Gasteiger partial charge in [-0.05, 0) is 116 Å². The molecule has 0 saturated carbocycles. The first-order valence-electron chi connectivity index (χ1n) is 12.7. The summed E-state index contributed by atoms with van der Waals surface area (Å²) in [4.78, 5) is 7.46. The maximum Gasteiger partial charge on any atom is 0.252 e. The lowest BCUT2D eigenvalue weighted by Crippen LogP contribution is -2.60. The monoisotopic (exact) mass is 495 g/mol. The van der Waals surface area contributed by atoms with E-state index in [1.54, 1.807) is 41.5 Å². The fraction of sp³-hybridized carbons (Fsp3) is 0.310. The molecule has 4 aliphatic rings. The smallest absolute Gasteiger partial charge is 0.252 e. The van der Waals surface area contributed by atoms with Crippen molar-refractivity contribution < 1.29 is 0 Å². The van der Waals surface area contributed by atoms with Crippen molar-refractivity contribution in [3.8, 4) is 0 Å². The third-order valence-electron chi connectivity index (χ3n) is 8.16. The molecule has 2 aromatic heterocycles. The van der Waals surface area contributed by atoms with Crippen LogP contribution in [0.2, 0.25) is 0 Å². The van der Waals surface area contributed by atoms with E-state index in [-0.39, 0.29) is 0 Å². The molecule has 0 spiro atoms. The molecule has 4 aromatic rings. The summed E-state index contributed by atoms with van der Waals surface area (Å²) in [6.07, 6.45) is 10.5. The lowest BCUT2D eigenvalue weighted by molar-refractivity contribution is 0.698. The molecule has 1 nitrogen and oxygen atoms in total. The third kappa shape index (κ3) is 2.75. The zero-order valence-electron chi connectivity index (χ0n) is 19.4. The highest BCUT2D eigenvalue weighted by Crippen LogP contribution is 2.49. The molecule has 0 N–H and O–H groups in total. The normalized spacial score (nSPS) is 17.6. The minimum absolute atomic E-state index is 0.424. The van der Waals surface area contributed by atoms with Crippen LogP contribution in [0.3, 0.4) is 0 Å². The number of thiophene rings is 2. The molecule has 168 valence electrons. The van der Waals surface area contributed by atoms with Crippen molar-refractivity contribution >= 4 is 73.9 Å². The molecule has 2 aromatic carbocycles. The number of benzene rings is 2. The Bertz CT molecular complexity index is 1460. The van der Waals surface area contributed by atoms with Gasteiger partial charge in [0.2, 0.25) is 0 Å². The predicted molar refractivity (Wildman–Crippen MR) is 150 cm³/mol. The summed E-state index contributed by atoms with van der Waals surface area (Å²) in [5.41, 5.74) is 12.4. The molecule has 2 aliphatic heterocycles. The van der Waals surface area contributed by atoms with Crippen LogP contribution < -0.4 is 21.3 Å². The van der Waals surface area contributed by atoms with Crippen LogP contribution in [0, 0.1) is 6.92 Å². The largest absolute Gasteiger partial charge is 0.303 e. The summed E-state index contributed by atoms with van der Waals surface area (Å²) in [5.74, 6) is 0. The summed E-state index contributed by atoms with van der Waals surface area (Å²) >= 11 is 6.28. The Kier molecular flexibility index (Phi) is 4.49. The highest BCUT2D eigenvalue weighted by molar-refractivity contribution is 8.02. The number of hydrogen-bond acceptors (Lipinski definition) is 4. The van der Waals surface area contributed by atoms with Gasteiger partial charge in [0.15, 0.2) is 0 Å². The zero-order chi connectivity index (χ0) is 22.4. The fourth-order valence-corrected chi connectivity index (χ4v) is 11.2. The number of aryl methyl sites for hydroxylation is 3. The highest BCUT2D eigenvalue weighted by Gasteiger charge is 2.46. The van der Waals surface area contributed by atoms with Crippen LogP contribution >= 0.6 is 34.4 Å². The van der Waals surface area contributed by atoms with Crippen LogP contribution in [0.5, 0.6) is 0 Å². The van der Waals surface area contributed by atoms with Gasteiger partial charge < -0.3 is 4.90 Å². The number of anilines is 3. The Hall–Kier alpha value is -1.95. The fourth-order valence-electron chi connectivity index (χ4n) is 6.75. The molecule has 0 bridgehead atoms. The first-order valence-corrected chi connectivity index (χ1v) is 15.2. The lowest BCUT2D eigenvalue weighted by Gasteiger charge is -2.39. The lowest BCUT2D eigenvalue weighted by atomic mass is 9.34. The van der Waals surface area contributed by atoms with Crippen molar-refractivity contribution in [1.29, 1.82) is 0 Å². The van der Waals surface area contributed by atoms with Gasteiger partial charge in [0.1, 0.15) is 0 Å². The second-order valence-electron chi connectivity index (χ2n) is 10.2. The molecule has 0 atom stereocenters. The number of nitrogens with zero attached hydrogens (tertiary/aromatic N) is 1. The van der Waals surface area contributed by atoms with E-state index in [1.165, 1.54) is 78.2 Å². The Morgan fingerprint density at radius 1 is 0.765 bits per heavy atom. The Labute approximate surface area is 214 Å². The van der Waals surface area contributed by atoms with E-state index in [0.29, 0.717) is 6.71 Å².